The van der Waals surface area contributed by atoms with Gasteiger partial charge in [0.2, 0.25) is 0 Å². The van der Waals surface area contributed by atoms with E-state index in [4.69, 9.17) is 0 Å². The summed E-state index contributed by atoms with van der Waals surface area (Å²) in [7, 11) is 0. The number of nitrogens with zero attached hydrogens (tertiary/aromatic N) is 2. The number of hydrogen-bond acceptors (Lipinski definition) is 3. The molecule has 0 aliphatic rings. The molecule has 0 aliphatic heterocycles. The highest BCUT2D eigenvalue weighted by Gasteiger charge is 2.02. The molecule has 2 aromatic carbocycles. The fourth-order valence-electron chi connectivity index (χ4n) is 1.80. The molecule has 2 rings (SSSR count). The second kappa shape index (κ2) is 5.65. The van der Waals surface area contributed by atoms with Gasteiger partial charge in [0.05, 0.1) is 5.69 Å². The van der Waals surface area contributed by atoms with Crippen molar-refractivity contribution in [3.05, 3.63) is 53.1 Å². The lowest BCUT2D eigenvalue weighted by molar-refractivity contribution is 0.476. The fourth-order valence-corrected chi connectivity index (χ4v) is 1.80. The van der Waals surface area contributed by atoms with E-state index in [9.17, 15) is 5.11 Å². The molecule has 0 atom stereocenters. The van der Waals surface area contributed by atoms with E-state index in [1.807, 2.05) is 44.2 Å². The van der Waals surface area contributed by atoms with E-state index in [-0.39, 0.29) is 5.75 Å². The van der Waals surface area contributed by atoms with Gasteiger partial charge in [-0.1, -0.05) is 25.1 Å². The maximum atomic E-state index is 9.78. The Bertz CT molecular complexity index is 618. The molecule has 0 heterocycles. The Hall–Kier alpha value is -2.16. The number of aromatic hydroxyl groups is 1. The zero-order valence-corrected chi connectivity index (χ0v) is 11.5. The topological polar surface area (TPSA) is 45.0 Å². The van der Waals surface area contributed by atoms with Gasteiger partial charge in [0.25, 0.3) is 0 Å². The van der Waals surface area contributed by atoms with Gasteiger partial charge in [-0.05, 0) is 55.2 Å². The van der Waals surface area contributed by atoms with Crippen LogP contribution < -0.4 is 0 Å². The predicted molar refractivity (Wildman–Crippen MR) is 77.6 cm³/mol. The number of benzene rings is 2. The van der Waals surface area contributed by atoms with Crippen LogP contribution in [0.4, 0.5) is 11.4 Å². The zero-order chi connectivity index (χ0) is 13.8. The second-order valence-electron chi connectivity index (χ2n) is 4.67. The van der Waals surface area contributed by atoms with Gasteiger partial charge in [0.1, 0.15) is 11.4 Å². The van der Waals surface area contributed by atoms with Crippen molar-refractivity contribution in [1.82, 2.24) is 0 Å². The summed E-state index contributed by atoms with van der Waals surface area (Å²) in [5, 5.41) is 18.2. The minimum Gasteiger partial charge on any atom is -0.506 e. The summed E-state index contributed by atoms with van der Waals surface area (Å²) in [6.07, 6.45) is 0.909. The second-order valence-corrected chi connectivity index (χ2v) is 4.67. The van der Waals surface area contributed by atoms with Crippen LogP contribution in [-0.4, -0.2) is 5.11 Å². The van der Waals surface area contributed by atoms with Gasteiger partial charge in [0, 0.05) is 0 Å². The molecule has 0 saturated heterocycles. The first kappa shape index (κ1) is 13.3. The van der Waals surface area contributed by atoms with Crippen molar-refractivity contribution in [2.75, 3.05) is 0 Å². The van der Waals surface area contributed by atoms with Crippen LogP contribution >= 0.6 is 0 Å². The van der Waals surface area contributed by atoms with Crippen molar-refractivity contribution in [2.45, 2.75) is 27.2 Å². The third-order valence-corrected chi connectivity index (χ3v) is 3.08. The van der Waals surface area contributed by atoms with Gasteiger partial charge >= 0.3 is 0 Å². The molecule has 0 aliphatic carbocycles. The highest BCUT2D eigenvalue weighted by atomic mass is 16.3. The Kier molecular flexibility index (Phi) is 3.95. The van der Waals surface area contributed by atoms with Crippen LogP contribution in [0.25, 0.3) is 0 Å². The van der Waals surface area contributed by atoms with Crippen LogP contribution in [0.15, 0.2) is 46.6 Å². The fraction of sp³-hybridized carbons (Fsp3) is 0.250. The van der Waals surface area contributed by atoms with Crippen molar-refractivity contribution >= 4 is 11.4 Å². The van der Waals surface area contributed by atoms with Crippen LogP contribution in [0.5, 0.6) is 5.75 Å². The van der Waals surface area contributed by atoms with Crippen molar-refractivity contribution in [3.63, 3.8) is 0 Å². The van der Waals surface area contributed by atoms with Crippen LogP contribution in [0.2, 0.25) is 0 Å². The minimum atomic E-state index is 0.159. The molecule has 0 aromatic heterocycles. The van der Waals surface area contributed by atoms with Crippen LogP contribution in [-0.2, 0) is 6.42 Å². The molecule has 98 valence electrons. The van der Waals surface area contributed by atoms with Gasteiger partial charge in [-0.2, -0.15) is 5.11 Å². The molecule has 0 fully saturated rings. The molecule has 0 bridgehead atoms. The molecule has 0 saturated carbocycles. The summed E-state index contributed by atoms with van der Waals surface area (Å²) in [6.45, 7) is 6.09. The quantitative estimate of drug-likeness (QED) is 0.771. The highest BCUT2D eigenvalue weighted by Crippen LogP contribution is 2.30. The molecule has 0 unspecified atom stereocenters. The lowest BCUT2D eigenvalue weighted by Crippen LogP contribution is -1.79. The summed E-state index contributed by atoms with van der Waals surface area (Å²) in [4.78, 5) is 0. The number of phenols is 1. The van der Waals surface area contributed by atoms with Crippen molar-refractivity contribution in [3.8, 4) is 5.75 Å². The minimum absolute atomic E-state index is 0.159. The number of aryl methyl sites for hydroxylation is 3. The van der Waals surface area contributed by atoms with Crippen molar-refractivity contribution in [2.24, 2.45) is 10.2 Å². The van der Waals surface area contributed by atoms with E-state index in [0.717, 1.165) is 28.8 Å². The van der Waals surface area contributed by atoms with Crippen molar-refractivity contribution < 1.29 is 5.11 Å². The molecule has 0 spiro atoms. The zero-order valence-electron chi connectivity index (χ0n) is 11.5. The first-order valence-corrected chi connectivity index (χ1v) is 6.41. The lowest BCUT2D eigenvalue weighted by Gasteiger charge is -2.03. The van der Waals surface area contributed by atoms with Crippen LogP contribution in [0, 0.1) is 13.8 Å². The summed E-state index contributed by atoms with van der Waals surface area (Å²) >= 11 is 0. The van der Waals surface area contributed by atoms with E-state index in [1.54, 1.807) is 6.07 Å². The highest BCUT2D eigenvalue weighted by molar-refractivity contribution is 5.53. The average Bonchev–Trinajstić information content (AvgIpc) is 2.41. The summed E-state index contributed by atoms with van der Waals surface area (Å²) in [5.74, 6) is 0.159. The van der Waals surface area contributed by atoms with Gasteiger partial charge in [0.15, 0.2) is 0 Å². The van der Waals surface area contributed by atoms with E-state index < -0.39 is 0 Å². The molecule has 19 heavy (non-hydrogen) atoms. The van der Waals surface area contributed by atoms with E-state index in [2.05, 4.69) is 17.2 Å². The molecule has 0 amide bonds. The van der Waals surface area contributed by atoms with Crippen LogP contribution in [0.1, 0.15) is 23.6 Å². The van der Waals surface area contributed by atoms with Gasteiger partial charge in [-0.15, -0.1) is 5.11 Å². The number of azo groups is 1. The smallest absolute Gasteiger partial charge is 0.143 e. The normalized spacial score (nSPS) is 11.1. The van der Waals surface area contributed by atoms with Crippen molar-refractivity contribution in [1.29, 1.82) is 0 Å². The average molecular weight is 254 g/mol. The van der Waals surface area contributed by atoms with Gasteiger partial charge in [-0.3, -0.25) is 0 Å². The Balaban J connectivity index is 2.34. The summed E-state index contributed by atoms with van der Waals surface area (Å²) in [5.41, 5.74) is 4.70. The lowest BCUT2D eigenvalue weighted by atomic mass is 10.1. The number of phenolic OH excluding ortho intramolecular Hbond substituents is 1. The Morgan fingerprint density at radius 3 is 2.42 bits per heavy atom. The van der Waals surface area contributed by atoms with E-state index in [0.29, 0.717) is 5.69 Å². The molecular formula is C16H18N2O. The van der Waals surface area contributed by atoms with Gasteiger partial charge in [-0.25, -0.2) is 0 Å². The number of hydrogen-bond donors (Lipinski definition) is 1. The third kappa shape index (κ3) is 3.19. The monoisotopic (exact) mass is 254 g/mol. The number of rotatable bonds is 3. The standard InChI is InChI=1S/C16H18N2O/c1-4-13-7-8-16(19)15(10-13)18-17-14-9-11(2)5-6-12(14)3/h5-10,19H,4H2,1-3H3. The maximum absolute atomic E-state index is 9.78. The van der Waals surface area contributed by atoms with E-state index >= 15 is 0 Å². The first-order chi connectivity index (χ1) is 9.10. The molecule has 2 aromatic rings. The van der Waals surface area contributed by atoms with E-state index in [1.165, 1.54) is 0 Å². The molecule has 3 heteroatoms. The molecule has 0 radical (unpaired) electrons. The predicted octanol–water partition coefficient (Wildman–Crippen LogP) is 4.99. The Morgan fingerprint density at radius 1 is 0.947 bits per heavy atom. The molecule has 1 N–H and O–H groups in total. The Morgan fingerprint density at radius 2 is 1.68 bits per heavy atom. The van der Waals surface area contributed by atoms with Gasteiger partial charge < -0.3 is 5.11 Å². The van der Waals surface area contributed by atoms with Crippen LogP contribution in [0.3, 0.4) is 0 Å². The third-order valence-electron chi connectivity index (χ3n) is 3.08. The SMILES string of the molecule is CCc1ccc(O)c(N=Nc2cc(C)ccc2C)c1. The molecule has 3 nitrogen and oxygen atoms in total. The largest absolute Gasteiger partial charge is 0.506 e. The maximum Gasteiger partial charge on any atom is 0.143 e. The summed E-state index contributed by atoms with van der Waals surface area (Å²) in [6, 6.07) is 11.5. The molecular weight excluding hydrogens is 236 g/mol. The summed E-state index contributed by atoms with van der Waals surface area (Å²) < 4.78 is 0. The Labute approximate surface area is 113 Å². The first-order valence-electron chi connectivity index (χ1n) is 6.41.